The first-order valence-electron chi connectivity index (χ1n) is 45.2. The standard InChI is InChI=1S/C99H126IN15O17S2/c1-9-64(7)88(97(129)108-75(89(121)103-54-69-36-34-68(53-102)35-37-69)40-42-85(118)114-99(71-19-13-10-14-20-71,72-21-15-11-16-22-72)73-23-17-12-18-24-73)113-94(126)80(51-67-32-27-62(5)28-33-67)109-95(127)81-58-133-134-59-82(112-91(123)76(39-29-65(8)116)107-93(125)79(50-66-30-25-61(4)26-31-66)106-87(120)57-132-46-45-131-44-43-101)98(130)115-56-63(6)48-83(115)96(128)110-78(52-70-38-41-84(117)74(100)49-70)90(122)104-55-86(119)105-77(47-60(2)3)92(124)111-81/h10-28,30-38,41,49,60,63-64,75-83,88H,9,29,39-40,42-48,50-59,101-102H2,1-8H3,(H13,103,104,105,106,107,108,109,110,111,112,113,114,117,118,119,120,121,122,123,124,125,126,127,128,129)/p-1/t63-,64?,75+,76-,77+,78+,79+,80+,81+,82+,83+,88+/m1/s1. The van der Waals surface area contributed by atoms with Crippen LogP contribution in [0.5, 0.6) is 5.75 Å². The van der Waals surface area contributed by atoms with Crippen LogP contribution >= 0.6 is 44.2 Å². The highest BCUT2D eigenvalue weighted by atomic mass is 127. The van der Waals surface area contributed by atoms with Crippen LogP contribution in [0.15, 0.2) is 182 Å². The van der Waals surface area contributed by atoms with Crippen molar-refractivity contribution in [3.05, 3.63) is 247 Å². The van der Waals surface area contributed by atoms with Crippen LogP contribution in [0.3, 0.4) is 0 Å². The summed E-state index contributed by atoms with van der Waals surface area (Å²) >= 11 is 1.91. The molecule has 0 saturated carbocycles. The summed E-state index contributed by atoms with van der Waals surface area (Å²) in [6.45, 7) is 13.6. The lowest BCUT2D eigenvalue weighted by molar-refractivity contribution is -0.142. The van der Waals surface area contributed by atoms with Crippen LogP contribution in [0.4, 0.5) is 0 Å². The highest BCUT2D eigenvalue weighted by Gasteiger charge is 2.44. The zero-order valence-electron chi connectivity index (χ0n) is 76.9. The first-order chi connectivity index (χ1) is 64.2. The van der Waals surface area contributed by atoms with Gasteiger partial charge in [0.05, 0.1) is 35.8 Å². The molecule has 0 radical (unpaired) electrons. The number of ether oxygens (including phenoxy) is 2. The number of rotatable bonds is 42. The molecule has 0 spiro atoms. The van der Waals surface area contributed by atoms with Crippen LogP contribution in [0.25, 0.3) is 5.32 Å². The van der Waals surface area contributed by atoms with Crippen LogP contribution in [-0.4, -0.2) is 211 Å². The van der Waals surface area contributed by atoms with Crippen molar-refractivity contribution in [2.45, 2.75) is 199 Å². The predicted molar refractivity (Wildman–Crippen MR) is 521 cm³/mol. The SMILES string of the molecule is CCC(C)[C@H](NC(=O)[C@H](Cc1ccc(C)cc1)NC(=O)[C@@H]1CSSC[C@H](NC(=O)[C@@H](CCC(C)=O)NC(=O)[C@H](Cc2ccc(C)cc2)NC(=O)COCCOCCN)C(=O)N2C[C@H](C)C[C@H]2C(=O)N[C@@H](Cc2ccc(O)c(I)c2)C(=O)NCC(=O)N[C@@H](CC(C)C)C(=O)N1)C(=O)N[C@@H](CCC(=O)[N-]C(c1ccccc1)(c1ccccc1)c1ccccc1)C(=O)NCc1ccc(CN)cc1. The number of nitrogens with two attached hydrogens (primary N) is 2. The van der Waals surface area contributed by atoms with Crippen LogP contribution in [0.1, 0.15) is 142 Å². The molecule has 134 heavy (non-hydrogen) atoms. The van der Waals surface area contributed by atoms with Crippen LogP contribution in [0.2, 0.25) is 0 Å². The fourth-order valence-corrected chi connectivity index (χ4v) is 18.4. The Balaban J connectivity index is 1.05. The Morgan fingerprint density at radius 2 is 1.13 bits per heavy atom. The van der Waals surface area contributed by atoms with E-state index < -0.39 is 162 Å². The summed E-state index contributed by atoms with van der Waals surface area (Å²) < 4.78 is 11.3. The Bertz CT molecular complexity index is 5030. The van der Waals surface area contributed by atoms with Gasteiger partial charge in [-0.3, -0.25) is 57.5 Å². The number of halogens is 1. The molecule has 9 rings (SSSR count). The number of carbonyl (C=O) groups is 14. The van der Waals surface area contributed by atoms with Gasteiger partial charge in [0.2, 0.25) is 70.9 Å². The van der Waals surface area contributed by atoms with Gasteiger partial charge in [0.25, 0.3) is 0 Å². The van der Waals surface area contributed by atoms with E-state index in [0.29, 0.717) is 42.5 Å². The minimum absolute atomic E-state index is 0.00812. The van der Waals surface area contributed by atoms with Gasteiger partial charge in [0, 0.05) is 63.4 Å². The molecule has 13 amide bonds. The van der Waals surface area contributed by atoms with E-state index in [1.807, 2.05) is 152 Å². The van der Waals surface area contributed by atoms with Gasteiger partial charge < -0.3 is 104 Å². The van der Waals surface area contributed by atoms with Gasteiger partial charge in [-0.05, 0) is 139 Å². The molecule has 2 aliphatic rings. The molecule has 2 heterocycles. The van der Waals surface area contributed by atoms with E-state index in [1.165, 1.54) is 17.9 Å². The molecule has 2 aliphatic heterocycles. The molecule has 35 heteroatoms. The van der Waals surface area contributed by atoms with Gasteiger partial charge in [-0.25, -0.2) is 0 Å². The third-order valence-electron chi connectivity index (χ3n) is 23.1. The van der Waals surface area contributed by atoms with Crippen LogP contribution in [-0.2, 0) is 114 Å². The van der Waals surface area contributed by atoms with Crippen LogP contribution < -0.4 is 70.0 Å². The number of Topliss-reactive ketones (excluding diaryl/α,β-unsaturated/α-hetero) is 1. The largest absolute Gasteiger partial charge is 0.637 e. The van der Waals surface area contributed by atoms with Crippen molar-refractivity contribution in [3.8, 4) is 5.75 Å². The smallest absolute Gasteiger partial charge is 0.246 e. The van der Waals surface area contributed by atoms with E-state index >= 15 is 33.6 Å². The van der Waals surface area contributed by atoms with Crippen molar-refractivity contribution in [1.82, 2.24) is 63.4 Å². The summed E-state index contributed by atoms with van der Waals surface area (Å²) in [6, 6.07) is 39.4. The van der Waals surface area contributed by atoms with Gasteiger partial charge >= 0.3 is 0 Å². The quantitative estimate of drug-likeness (QED) is 0.00823. The Morgan fingerprint density at radius 1 is 0.590 bits per heavy atom. The third-order valence-corrected chi connectivity index (χ3v) is 26.4. The Morgan fingerprint density at radius 3 is 1.71 bits per heavy atom. The summed E-state index contributed by atoms with van der Waals surface area (Å²) in [4.78, 5) is 209. The molecule has 0 bridgehead atoms. The van der Waals surface area contributed by atoms with E-state index in [2.05, 4.69) is 58.5 Å². The molecule has 0 aromatic heterocycles. The van der Waals surface area contributed by atoms with E-state index in [4.69, 9.17) is 26.3 Å². The number of amides is 13. The second-order valence-electron chi connectivity index (χ2n) is 34.4. The van der Waals surface area contributed by atoms with E-state index in [0.717, 1.165) is 38.3 Å². The number of phenols is 1. The normalized spacial score (nSPS) is 18.3. The van der Waals surface area contributed by atoms with Crippen LogP contribution in [0, 0.1) is 35.2 Å². The van der Waals surface area contributed by atoms with Crippen molar-refractivity contribution in [2.24, 2.45) is 29.2 Å². The van der Waals surface area contributed by atoms with Gasteiger partial charge in [0.1, 0.15) is 78.6 Å². The van der Waals surface area contributed by atoms with Crippen molar-refractivity contribution in [3.63, 3.8) is 0 Å². The number of aryl methyl sites for hydroxylation is 2. The number of hydrogen-bond acceptors (Lipinski definition) is 21. The van der Waals surface area contributed by atoms with E-state index in [-0.39, 0.29) is 145 Å². The Labute approximate surface area is 804 Å². The molecular weight excluding hydrogens is 1860 g/mol. The number of nitrogens with one attached hydrogen (secondary N) is 11. The van der Waals surface area contributed by atoms with Crippen molar-refractivity contribution in [2.75, 3.05) is 57.6 Å². The lowest BCUT2D eigenvalue weighted by Crippen LogP contribution is -2.61. The number of fused-ring (bicyclic) bond motifs is 1. The average Bonchev–Trinajstić information content (AvgIpc) is 0.929. The van der Waals surface area contributed by atoms with Gasteiger partial charge in [-0.1, -0.05) is 260 Å². The third kappa shape index (κ3) is 32.6. The molecule has 0 aliphatic carbocycles. The molecule has 7 aromatic rings. The summed E-state index contributed by atoms with van der Waals surface area (Å²) in [6.07, 6.45) is -1.34. The molecule has 2 saturated heterocycles. The molecule has 7 aromatic carbocycles. The topological polar surface area (TPSA) is 479 Å². The maximum atomic E-state index is 15.8. The fourth-order valence-electron chi connectivity index (χ4n) is 15.5. The first-order valence-corrected chi connectivity index (χ1v) is 48.8. The summed E-state index contributed by atoms with van der Waals surface area (Å²) in [5, 5.41) is 46.3. The number of benzene rings is 7. The Hall–Kier alpha value is -11.6. The van der Waals surface area contributed by atoms with E-state index in [1.54, 1.807) is 95.3 Å². The molecule has 16 N–H and O–H groups in total. The van der Waals surface area contributed by atoms with Crippen molar-refractivity contribution >= 4 is 127 Å². The maximum absolute atomic E-state index is 15.8. The molecule has 12 atom stereocenters. The average molecular weight is 1990 g/mol. The zero-order valence-corrected chi connectivity index (χ0v) is 80.7. The summed E-state index contributed by atoms with van der Waals surface area (Å²) in [5.74, 6) is -13.1. The lowest BCUT2D eigenvalue weighted by atomic mass is 9.77. The fraction of sp³-hybridized carbons (Fsp3) is 0.434. The second kappa shape index (κ2) is 53.5. The molecule has 718 valence electrons. The van der Waals surface area contributed by atoms with E-state index in [9.17, 15) is 38.7 Å². The number of nitrogens with zero attached hydrogens (tertiary/aromatic N) is 2. The highest BCUT2D eigenvalue weighted by Crippen LogP contribution is 2.44. The monoisotopic (exact) mass is 1990 g/mol. The zero-order chi connectivity index (χ0) is 97.0. The molecule has 1 unspecified atom stereocenters. The molecular formula is C99H125IN15O17S2-. The minimum Gasteiger partial charge on any atom is -0.637 e. The van der Waals surface area contributed by atoms with Gasteiger partial charge in [0.15, 0.2) is 0 Å². The maximum Gasteiger partial charge on any atom is 0.246 e. The highest BCUT2D eigenvalue weighted by molar-refractivity contribution is 14.1. The van der Waals surface area contributed by atoms with Gasteiger partial charge in [-0.2, -0.15) is 0 Å². The molecule has 32 nitrogen and oxygen atoms in total. The first kappa shape index (κ1) is 106. The number of carbonyl (C=O) groups excluding carboxylic acids is 14. The van der Waals surface area contributed by atoms with Gasteiger partial charge in [-0.15, -0.1) is 0 Å². The second-order valence-corrected chi connectivity index (χ2v) is 38.1. The lowest BCUT2D eigenvalue weighted by Gasteiger charge is -2.48. The number of aromatic hydroxyl groups is 1. The summed E-state index contributed by atoms with van der Waals surface area (Å²) in [5.41, 5.74) is 17.1. The minimum atomic E-state index is -1.63. The number of hydrogen-bond donors (Lipinski definition) is 14. The van der Waals surface area contributed by atoms with Crippen molar-refractivity contribution in [1.29, 1.82) is 0 Å². The summed E-state index contributed by atoms with van der Waals surface area (Å²) in [7, 11) is 1.89. The predicted octanol–water partition coefficient (Wildman–Crippen LogP) is 6.65. The molecule has 2 fully saturated rings. The number of phenolic OH excluding ortho intramolecular Hbond substituents is 1. The Kier molecular flexibility index (Phi) is 42.3. The van der Waals surface area contributed by atoms with Crippen molar-refractivity contribution < 1.29 is 81.7 Å². The number of ketones is 1.